The second-order valence-corrected chi connectivity index (χ2v) is 6.57. The lowest BCUT2D eigenvalue weighted by atomic mass is 10.2. The molecule has 0 fully saturated rings. The third-order valence-corrected chi connectivity index (χ3v) is 4.66. The number of nitrogens with one attached hydrogen (secondary N) is 1. The summed E-state index contributed by atoms with van der Waals surface area (Å²) >= 11 is 5.49. The molecule has 0 heterocycles. The first-order valence-corrected chi connectivity index (χ1v) is 7.16. The Morgan fingerprint density at radius 2 is 1.81 bits per heavy atom. The Morgan fingerprint density at radius 1 is 1.25 bits per heavy atom. The summed E-state index contributed by atoms with van der Waals surface area (Å²) in [6, 6.07) is 7.26. The van der Waals surface area contributed by atoms with Crippen LogP contribution in [-0.4, -0.2) is 19.7 Å². The molecule has 0 aliphatic rings. The fraction of sp³-hybridized carbons (Fsp3) is 0.455. The third kappa shape index (κ3) is 3.20. The van der Waals surface area contributed by atoms with Gasteiger partial charge in [-0.05, 0) is 31.5 Å². The number of rotatable bonds is 5. The molecule has 0 aliphatic heterocycles. The van der Waals surface area contributed by atoms with E-state index in [4.69, 9.17) is 11.6 Å². The standard InChI is InChI=1S/C11H16ClNO2S/c1-9(2)16(14,15)11-5-3-10(4-6-11)7-13-8-12/h3-6,9,13H,7-8H2,1-2H3. The molecule has 1 aromatic rings. The van der Waals surface area contributed by atoms with E-state index in [0.717, 1.165) is 5.56 Å². The second kappa shape index (κ2) is 5.66. The minimum atomic E-state index is -3.16. The summed E-state index contributed by atoms with van der Waals surface area (Å²) in [4.78, 5) is 0.372. The van der Waals surface area contributed by atoms with E-state index in [1.165, 1.54) is 0 Å². The summed E-state index contributed by atoms with van der Waals surface area (Å²) in [5.74, 6) is 0. The summed E-state index contributed by atoms with van der Waals surface area (Å²) in [5.41, 5.74) is 1.02. The molecule has 0 unspecified atom stereocenters. The molecule has 0 spiro atoms. The molecule has 0 atom stereocenters. The van der Waals surface area contributed by atoms with Gasteiger partial charge >= 0.3 is 0 Å². The lowest BCUT2D eigenvalue weighted by Crippen LogP contribution is -2.14. The van der Waals surface area contributed by atoms with Crippen LogP contribution in [0.1, 0.15) is 19.4 Å². The van der Waals surface area contributed by atoms with Crippen molar-refractivity contribution in [3.8, 4) is 0 Å². The average molecular weight is 262 g/mol. The van der Waals surface area contributed by atoms with Gasteiger partial charge in [0.1, 0.15) is 0 Å². The summed E-state index contributed by atoms with van der Waals surface area (Å²) in [6.07, 6.45) is 0. The third-order valence-electron chi connectivity index (χ3n) is 2.30. The normalized spacial score (nSPS) is 12.0. The maximum Gasteiger partial charge on any atom is 0.180 e. The molecule has 1 rings (SSSR count). The summed E-state index contributed by atoms with van der Waals surface area (Å²) < 4.78 is 23.6. The van der Waals surface area contributed by atoms with Crippen LogP contribution in [-0.2, 0) is 16.4 Å². The molecule has 1 aromatic carbocycles. The Kier molecular flexibility index (Phi) is 4.77. The van der Waals surface area contributed by atoms with E-state index in [9.17, 15) is 8.42 Å². The van der Waals surface area contributed by atoms with Gasteiger partial charge in [-0.2, -0.15) is 0 Å². The quantitative estimate of drug-likeness (QED) is 0.653. The van der Waals surface area contributed by atoms with Gasteiger partial charge in [0.25, 0.3) is 0 Å². The minimum absolute atomic E-state index is 0.372. The number of hydrogen-bond donors (Lipinski definition) is 1. The summed E-state index contributed by atoms with van der Waals surface area (Å²) in [7, 11) is -3.16. The number of hydrogen-bond acceptors (Lipinski definition) is 3. The molecule has 0 saturated heterocycles. The van der Waals surface area contributed by atoms with Crippen molar-refractivity contribution in [1.29, 1.82) is 0 Å². The lowest BCUT2D eigenvalue weighted by molar-refractivity contribution is 0.587. The van der Waals surface area contributed by atoms with E-state index in [0.29, 0.717) is 17.4 Å². The van der Waals surface area contributed by atoms with E-state index in [2.05, 4.69) is 5.32 Å². The van der Waals surface area contributed by atoms with Crippen LogP contribution in [0, 0.1) is 0 Å². The molecule has 3 nitrogen and oxygen atoms in total. The predicted molar refractivity (Wildman–Crippen MR) is 66.3 cm³/mol. The Bertz CT molecular complexity index is 426. The molecule has 0 amide bonds. The van der Waals surface area contributed by atoms with Crippen LogP contribution in [0.25, 0.3) is 0 Å². The van der Waals surface area contributed by atoms with E-state index in [1.54, 1.807) is 38.1 Å². The molecular formula is C11H16ClNO2S. The summed E-state index contributed by atoms with van der Waals surface area (Å²) in [6.45, 7) is 4.00. The van der Waals surface area contributed by atoms with Gasteiger partial charge in [0, 0.05) is 6.54 Å². The highest BCUT2D eigenvalue weighted by Gasteiger charge is 2.18. The number of halogens is 1. The monoisotopic (exact) mass is 261 g/mol. The molecule has 16 heavy (non-hydrogen) atoms. The van der Waals surface area contributed by atoms with Crippen LogP contribution in [0.15, 0.2) is 29.2 Å². The SMILES string of the molecule is CC(C)S(=O)(=O)c1ccc(CNCCl)cc1. The van der Waals surface area contributed by atoms with Crippen molar-refractivity contribution in [2.45, 2.75) is 30.5 Å². The highest BCUT2D eigenvalue weighted by Crippen LogP contribution is 2.16. The van der Waals surface area contributed by atoms with Crippen molar-refractivity contribution >= 4 is 21.4 Å². The highest BCUT2D eigenvalue weighted by molar-refractivity contribution is 7.92. The van der Waals surface area contributed by atoms with E-state index in [1.807, 2.05) is 0 Å². The van der Waals surface area contributed by atoms with Gasteiger partial charge in [-0.25, -0.2) is 8.42 Å². The van der Waals surface area contributed by atoms with Gasteiger partial charge < -0.3 is 0 Å². The topological polar surface area (TPSA) is 46.2 Å². The van der Waals surface area contributed by atoms with Gasteiger partial charge in [0.2, 0.25) is 0 Å². The molecule has 1 N–H and O–H groups in total. The zero-order valence-corrected chi connectivity index (χ0v) is 11.0. The molecule has 0 aromatic heterocycles. The average Bonchev–Trinajstić information content (AvgIpc) is 2.26. The van der Waals surface area contributed by atoms with Gasteiger partial charge in [-0.3, -0.25) is 5.32 Å². The second-order valence-electron chi connectivity index (χ2n) is 3.80. The molecule has 0 saturated carbocycles. The van der Waals surface area contributed by atoms with Crippen LogP contribution in [0.4, 0.5) is 0 Å². The van der Waals surface area contributed by atoms with Crippen molar-refractivity contribution in [1.82, 2.24) is 5.32 Å². The molecule has 0 aliphatic carbocycles. The van der Waals surface area contributed by atoms with Crippen LogP contribution < -0.4 is 5.32 Å². The molecule has 0 radical (unpaired) electrons. The lowest BCUT2D eigenvalue weighted by Gasteiger charge is -2.08. The van der Waals surface area contributed by atoms with Crippen molar-refractivity contribution < 1.29 is 8.42 Å². The first-order valence-electron chi connectivity index (χ1n) is 5.08. The van der Waals surface area contributed by atoms with Crippen molar-refractivity contribution in [3.05, 3.63) is 29.8 Å². The largest absolute Gasteiger partial charge is 0.300 e. The van der Waals surface area contributed by atoms with E-state index < -0.39 is 9.84 Å². The van der Waals surface area contributed by atoms with Crippen molar-refractivity contribution in [2.24, 2.45) is 0 Å². The fourth-order valence-electron chi connectivity index (χ4n) is 1.26. The smallest absolute Gasteiger partial charge is 0.180 e. The molecular weight excluding hydrogens is 246 g/mol. The maximum atomic E-state index is 11.8. The van der Waals surface area contributed by atoms with Crippen molar-refractivity contribution in [3.63, 3.8) is 0 Å². The van der Waals surface area contributed by atoms with Gasteiger partial charge in [0.15, 0.2) is 9.84 Å². The Balaban J connectivity index is 2.87. The minimum Gasteiger partial charge on any atom is -0.300 e. The number of benzene rings is 1. The first-order chi connectivity index (χ1) is 7.48. The Hall–Kier alpha value is -0.580. The first kappa shape index (κ1) is 13.5. The van der Waals surface area contributed by atoms with E-state index >= 15 is 0 Å². The Morgan fingerprint density at radius 3 is 2.25 bits per heavy atom. The fourth-order valence-corrected chi connectivity index (χ4v) is 2.41. The van der Waals surface area contributed by atoms with Gasteiger partial charge in [-0.1, -0.05) is 12.1 Å². The van der Waals surface area contributed by atoms with Gasteiger partial charge in [0.05, 0.1) is 16.1 Å². The molecule has 0 bridgehead atoms. The number of sulfone groups is 1. The van der Waals surface area contributed by atoms with Crippen molar-refractivity contribution in [2.75, 3.05) is 6.00 Å². The number of alkyl halides is 1. The zero-order valence-electron chi connectivity index (χ0n) is 9.40. The van der Waals surface area contributed by atoms with Crippen LogP contribution in [0.5, 0.6) is 0 Å². The molecule has 90 valence electrons. The maximum absolute atomic E-state index is 11.8. The highest BCUT2D eigenvalue weighted by atomic mass is 35.5. The van der Waals surface area contributed by atoms with Crippen LogP contribution in [0.2, 0.25) is 0 Å². The van der Waals surface area contributed by atoms with Crippen LogP contribution >= 0.6 is 11.6 Å². The predicted octanol–water partition coefficient (Wildman–Crippen LogP) is 2.15. The van der Waals surface area contributed by atoms with Gasteiger partial charge in [-0.15, -0.1) is 11.6 Å². The zero-order chi connectivity index (χ0) is 12.2. The van der Waals surface area contributed by atoms with E-state index in [-0.39, 0.29) is 5.25 Å². The molecule has 5 heteroatoms. The Labute approximate surface area is 102 Å². The summed E-state index contributed by atoms with van der Waals surface area (Å²) in [5, 5.41) is 2.57. The van der Waals surface area contributed by atoms with Crippen LogP contribution in [0.3, 0.4) is 0 Å².